The van der Waals surface area contributed by atoms with Crippen molar-refractivity contribution in [2.45, 2.75) is 70.5 Å². The molecule has 212 valence electrons. The third-order valence-corrected chi connectivity index (χ3v) is 8.27. The van der Waals surface area contributed by atoms with Gasteiger partial charge in [0.15, 0.2) is 0 Å². The van der Waals surface area contributed by atoms with E-state index in [4.69, 9.17) is 10.5 Å². The molecule has 3 aromatic carbocycles. The second-order valence-electron chi connectivity index (χ2n) is 11.2. The quantitative estimate of drug-likeness (QED) is 0.303. The molecule has 6 atom stereocenters. The molecule has 0 spiro atoms. The minimum atomic E-state index is -0.759. The lowest BCUT2D eigenvalue weighted by molar-refractivity contribution is -0.129. The van der Waals surface area contributed by atoms with Gasteiger partial charge in [-0.1, -0.05) is 73.5 Å². The van der Waals surface area contributed by atoms with Crippen LogP contribution in [0.3, 0.4) is 0 Å². The number of rotatable bonds is 11. The van der Waals surface area contributed by atoms with E-state index in [0.717, 1.165) is 42.6 Å². The van der Waals surface area contributed by atoms with Crippen molar-refractivity contribution >= 4 is 11.8 Å². The smallest absolute Gasteiger partial charge is 0.251 e. The van der Waals surface area contributed by atoms with Crippen molar-refractivity contribution in [1.82, 2.24) is 10.6 Å². The van der Waals surface area contributed by atoms with Crippen molar-refractivity contribution in [1.29, 1.82) is 0 Å². The molecule has 4 N–H and O–H groups in total. The highest BCUT2D eigenvalue weighted by atomic mass is 16.5. The normalized spacial score (nSPS) is 22.2. The minimum absolute atomic E-state index is 0.0822. The summed E-state index contributed by atoms with van der Waals surface area (Å²) in [6, 6.07) is 24.6. The summed E-state index contributed by atoms with van der Waals surface area (Å²) in [5.41, 5.74) is 10.5. The van der Waals surface area contributed by atoms with Crippen LogP contribution < -0.4 is 21.1 Å². The van der Waals surface area contributed by atoms with Gasteiger partial charge >= 0.3 is 0 Å². The summed E-state index contributed by atoms with van der Waals surface area (Å²) in [5, 5.41) is 6.44. The van der Waals surface area contributed by atoms with Gasteiger partial charge in [-0.05, 0) is 74.4 Å². The summed E-state index contributed by atoms with van der Waals surface area (Å²) in [7, 11) is 1.64. The average Bonchev–Trinajstić information content (AvgIpc) is 2.96. The fraction of sp³-hybridized carbons (Fsp3) is 0.412. The van der Waals surface area contributed by atoms with E-state index in [1.807, 2.05) is 62.4 Å². The molecule has 1 fully saturated rings. The van der Waals surface area contributed by atoms with Crippen LogP contribution in [0.4, 0.5) is 0 Å². The molecular weight excluding hydrogens is 498 g/mol. The van der Waals surface area contributed by atoms with Gasteiger partial charge in [-0.25, -0.2) is 0 Å². The summed E-state index contributed by atoms with van der Waals surface area (Å²) in [4.78, 5) is 27.3. The second kappa shape index (κ2) is 13.6. The number of nitrogens with one attached hydrogen (secondary N) is 2. The number of nitrogens with two attached hydrogens (primary N) is 1. The maximum atomic E-state index is 13.9. The molecule has 1 saturated heterocycles. The van der Waals surface area contributed by atoms with Crippen molar-refractivity contribution < 1.29 is 14.3 Å². The van der Waals surface area contributed by atoms with E-state index in [-0.39, 0.29) is 41.7 Å². The van der Waals surface area contributed by atoms with Gasteiger partial charge in [0.05, 0.1) is 7.11 Å². The maximum Gasteiger partial charge on any atom is 0.251 e. The van der Waals surface area contributed by atoms with Crippen LogP contribution in [0.1, 0.15) is 66.1 Å². The third kappa shape index (κ3) is 6.92. The molecule has 0 bridgehead atoms. The Kier molecular flexibility index (Phi) is 9.99. The summed E-state index contributed by atoms with van der Waals surface area (Å²) >= 11 is 0. The molecule has 2 amide bonds. The zero-order chi connectivity index (χ0) is 28.6. The van der Waals surface area contributed by atoms with E-state index in [9.17, 15) is 9.59 Å². The van der Waals surface area contributed by atoms with Crippen molar-refractivity contribution in [3.05, 3.63) is 101 Å². The number of piperidine rings is 1. The molecule has 40 heavy (non-hydrogen) atoms. The predicted molar refractivity (Wildman–Crippen MR) is 160 cm³/mol. The van der Waals surface area contributed by atoms with Crippen LogP contribution in [0.15, 0.2) is 78.9 Å². The lowest BCUT2D eigenvalue weighted by atomic mass is 9.66. The first-order valence-corrected chi connectivity index (χ1v) is 14.4. The van der Waals surface area contributed by atoms with Gasteiger partial charge in [0.2, 0.25) is 5.91 Å². The molecule has 1 heterocycles. The zero-order valence-corrected chi connectivity index (χ0v) is 24.1. The molecule has 6 heteroatoms. The first-order valence-electron chi connectivity index (χ1n) is 14.4. The molecule has 0 aromatic heterocycles. The summed E-state index contributed by atoms with van der Waals surface area (Å²) in [5.74, 6) is 0.183. The topological polar surface area (TPSA) is 93.5 Å². The molecule has 0 aliphatic carbocycles. The number of benzene rings is 3. The highest BCUT2D eigenvalue weighted by molar-refractivity contribution is 5.98. The van der Waals surface area contributed by atoms with Crippen molar-refractivity contribution in [2.24, 2.45) is 17.6 Å². The highest BCUT2D eigenvalue weighted by Gasteiger charge is 2.48. The van der Waals surface area contributed by atoms with Crippen LogP contribution in [-0.2, 0) is 11.2 Å². The molecule has 1 aliphatic heterocycles. The minimum Gasteiger partial charge on any atom is -0.497 e. The molecule has 0 saturated carbocycles. The number of ether oxygens (including phenoxy) is 1. The van der Waals surface area contributed by atoms with Gasteiger partial charge < -0.3 is 21.1 Å². The number of hydrogen-bond acceptors (Lipinski definition) is 4. The Hall–Kier alpha value is -3.64. The first-order chi connectivity index (χ1) is 19.3. The van der Waals surface area contributed by atoms with Crippen LogP contribution in [0.5, 0.6) is 5.75 Å². The average molecular weight is 542 g/mol. The number of carbonyl (C=O) groups excluding carboxylic acids is 2. The molecule has 1 aliphatic rings. The van der Waals surface area contributed by atoms with E-state index in [1.54, 1.807) is 13.2 Å². The highest BCUT2D eigenvalue weighted by Crippen LogP contribution is 2.40. The third-order valence-electron chi connectivity index (χ3n) is 8.27. The van der Waals surface area contributed by atoms with Crippen LogP contribution in [0.25, 0.3) is 0 Å². The zero-order valence-electron chi connectivity index (χ0n) is 24.1. The molecule has 0 radical (unpaired) electrons. The van der Waals surface area contributed by atoms with Gasteiger partial charge in [0.25, 0.3) is 5.91 Å². The molecule has 4 rings (SSSR count). The first kappa shape index (κ1) is 29.3. The van der Waals surface area contributed by atoms with E-state index < -0.39 is 6.04 Å². The Morgan fingerprint density at radius 2 is 1.75 bits per heavy atom. The SMILES string of the molecule is CCCC(CCc1ccccc1)C1NC(=O)[C@@H](NC(=O)c2cccc(C)c2)[C@H](c2ccc(OC)cc2)C1C(C)N. The lowest BCUT2D eigenvalue weighted by Crippen LogP contribution is -2.66. The van der Waals surface area contributed by atoms with Gasteiger partial charge in [-0.15, -0.1) is 0 Å². The number of hydrogen-bond donors (Lipinski definition) is 3. The van der Waals surface area contributed by atoms with Gasteiger partial charge in [0, 0.05) is 29.5 Å². The van der Waals surface area contributed by atoms with E-state index in [0.29, 0.717) is 5.56 Å². The maximum absolute atomic E-state index is 13.9. The van der Waals surface area contributed by atoms with Crippen LogP contribution in [0.2, 0.25) is 0 Å². The number of aryl methyl sites for hydroxylation is 2. The second-order valence-corrected chi connectivity index (χ2v) is 11.2. The lowest BCUT2D eigenvalue weighted by Gasteiger charge is -2.48. The molecule has 3 aromatic rings. The Bertz CT molecular complexity index is 1260. The number of methoxy groups -OCH3 is 1. The summed E-state index contributed by atoms with van der Waals surface area (Å²) in [6.45, 7) is 6.16. The fourth-order valence-electron chi connectivity index (χ4n) is 6.32. The fourth-order valence-corrected chi connectivity index (χ4v) is 6.32. The summed E-state index contributed by atoms with van der Waals surface area (Å²) in [6.07, 6.45) is 3.88. The van der Waals surface area contributed by atoms with E-state index in [1.165, 1.54) is 5.56 Å². The molecular formula is C34H43N3O3. The Balaban J connectivity index is 1.70. The van der Waals surface area contributed by atoms with Crippen molar-refractivity contribution in [3.8, 4) is 5.75 Å². The number of carbonyl (C=O) groups is 2. The molecule has 4 unspecified atom stereocenters. The van der Waals surface area contributed by atoms with Crippen molar-refractivity contribution in [3.63, 3.8) is 0 Å². The monoisotopic (exact) mass is 541 g/mol. The van der Waals surface area contributed by atoms with Crippen molar-refractivity contribution in [2.75, 3.05) is 7.11 Å². The Morgan fingerprint density at radius 3 is 2.38 bits per heavy atom. The predicted octanol–water partition coefficient (Wildman–Crippen LogP) is 5.40. The van der Waals surface area contributed by atoms with E-state index in [2.05, 4.69) is 41.8 Å². The standard InChI is InChI=1S/C34H43N3O3/c1-5-10-26(16-15-24-12-7-6-8-13-24)31-29(23(3)35)30(25-17-19-28(40-4)20-18-25)32(34(39)36-31)37-33(38)27-14-9-11-22(2)21-27/h6-9,11-14,17-21,23,26,29-32H,5,10,15-16,35H2,1-4H3,(H,36,39)(H,37,38)/t23?,26?,29?,30-,31?,32+/m1/s1. The van der Waals surface area contributed by atoms with Gasteiger partial charge in [0.1, 0.15) is 11.8 Å². The molecule has 6 nitrogen and oxygen atoms in total. The van der Waals surface area contributed by atoms with Gasteiger partial charge in [-0.3, -0.25) is 9.59 Å². The number of amides is 2. The summed E-state index contributed by atoms with van der Waals surface area (Å²) < 4.78 is 5.40. The van der Waals surface area contributed by atoms with Gasteiger partial charge in [-0.2, -0.15) is 0 Å². The largest absolute Gasteiger partial charge is 0.497 e. The Labute approximate surface area is 238 Å². The van der Waals surface area contributed by atoms with Crippen LogP contribution in [-0.4, -0.2) is 37.0 Å². The Morgan fingerprint density at radius 1 is 1.02 bits per heavy atom. The van der Waals surface area contributed by atoms with Crippen LogP contribution >= 0.6 is 0 Å². The van der Waals surface area contributed by atoms with E-state index >= 15 is 0 Å². The van der Waals surface area contributed by atoms with Crippen LogP contribution in [0, 0.1) is 18.8 Å².